The second-order valence-electron chi connectivity index (χ2n) is 12.0. The lowest BCUT2D eigenvalue weighted by Gasteiger charge is -2.13. The number of rotatable bonds is 15. The van der Waals surface area contributed by atoms with Gasteiger partial charge >= 0.3 is 10.4 Å². The maximum Gasteiger partial charge on any atom is 0.397 e. The van der Waals surface area contributed by atoms with Gasteiger partial charge in [0.1, 0.15) is 38.4 Å². The Morgan fingerprint density at radius 2 is 1.17 bits per heavy atom. The molecule has 0 spiro atoms. The number of nitrogens with two attached hydrogens (primary N) is 2. The molecular weight excluding hydrogens is 861 g/mol. The van der Waals surface area contributed by atoms with E-state index >= 15 is 0 Å². The van der Waals surface area contributed by atoms with Crippen LogP contribution in [0.25, 0.3) is 10.8 Å². The minimum Gasteiger partial charge on any atom is -0.495 e. The molecule has 7 N–H and O–H groups in total. The summed E-state index contributed by atoms with van der Waals surface area (Å²) in [4.78, 5) is -1.80. The van der Waals surface area contributed by atoms with Crippen molar-refractivity contribution in [3.63, 3.8) is 0 Å². The zero-order valence-electron chi connectivity index (χ0n) is 30.6. The summed E-state index contributed by atoms with van der Waals surface area (Å²) in [6.07, 6.45) is 0. The number of ether oxygens (including phenoxy) is 2. The minimum absolute atomic E-state index is 0.0155. The van der Waals surface area contributed by atoms with E-state index in [4.69, 9.17) is 25.5 Å². The highest BCUT2D eigenvalue weighted by molar-refractivity contribution is 7.91. The van der Waals surface area contributed by atoms with Crippen molar-refractivity contribution in [3.05, 3.63) is 78.4 Å². The first-order chi connectivity index (χ1) is 27.5. The molecule has 0 aromatic heterocycles. The first-order valence-corrected chi connectivity index (χ1v) is 22.1. The summed E-state index contributed by atoms with van der Waals surface area (Å²) in [5.41, 5.74) is 12.0. The van der Waals surface area contributed by atoms with E-state index in [1.807, 2.05) is 6.92 Å². The van der Waals surface area contributed by atoms with Crippen LogP contribution in [0.5, 0.6) is 11.5 Å². The second-order valence-corrected chi connectivity index (χ2v) is 18.0. The largest absolute Gasteiger partial charge is 0.495 e. The highest BCUT2D eigenvalue weighted by Crippen LogP contribution is 2.44. The Hall–Kier alpha value is -6.00. The van der Waals surface area contributed by atoms with Crippen molar-refractivity contribution < 1.29 is 61.0 Å². The molecule has 0 heterocycles. The van der Waals surface area contributed by atoms with Gasteiger partial charge in [-0.2, -0.15) is 30.4 Å². The topological polar surface area (TPSA) is 351 Å². The van der Waals surface area contributed by atoms with Crippen LogP contribution in [-0.4, -0.2) is 73.9 Å². The summed E-state index contributed by atoms with van der Waals surface area (Å²) < 4.78 is 140. The van der Waals surface area contributed by atoms with E-state index < -0.39 is 73.2 Å². The molecule has 5 aromatic carbocycles. The van der Waals surface area contributed by atoms with Gasteiger partial charge in [0.15, 0.2) is 9.84 Å². The molecule has 0 bridgehead atoms. The van der Waals surface area contributed by atoms with Crippen molar-refractivity contribution >= 4 is 96.7 Å². The second kappa shape index (κ2) is 17.1. The highest BCUT2D eigenvalue weighted by Gasteiger charge is 2.25. The van der Waals surface area contributed by atoms with E-state index in [1.54, 1.807) is 24.3 Å². The molecule has 5 aromatic rings. The number of benzene rings is 5. The smallest absolute Gasteiger partial charge is 0.397 e. The number of anilines is 2. The molecule has 5 rings (SSSR count). The average molecular weight is 893 g/mol. The Bertz CT molecular complexity index is 3010. The Balaban J connectivity index is 1.60. The van der Waals surface area contributed by atoms with E-state index in [-0.39, 0.29) is 56.4 Å². The van der Waals surface area contributed by atoms with E-state index in [9.17, 15) is 42.8 Å². The summed E-state index contributed by atoms with van der Waals surface area (Å²) in [5.74, 6) is -1.25. The van der Waals surface area contributed by atoms with Crippen molar-refractivity contribution in [1.29, 1.82) is 0 Å². The van der Waals surface area contributed by atoms with Gasteiger partial charge in [-0.3, -0.25) is 13.7 Å². The van der Waals surface area contributed by atoms with Gasteiger partial charge < -0.3 is 20.9 Å². The van der Waals surface area contributed by atoms with Gasteiger partial charge in [-0.25, -0.2) is 12.6 Å². The lowest BCUT2D eigenvalue weighted by Crippen LogP contribution is -2.16. The monoisotopic (exact) mass is 892 g/mol. The van der Waals surface area contributed by atoms with Crippen molar-refractivity contribution in [1.82, 2.24) is 0 Å². The van der Waals surface area contributed by atoms with Gasteiger partial charge in [-0.05, 0) is 49.4 Å². The van der Waals surface area contributed by atoms with Crippen LogP contribution in [0.4, 0.5) is 45.5 Å². The molecular formula is C33H32N8O14S4. The number of hydrogen-bond acceptors (Lipinski definition) is 19. The predicted octanol–water partition coefficient (Wildman–Crippen LogP) is 6.66. The number of aryl methyl sites for hydroxylation is 1. The normalized spacial score (nSPS) is 12.9. The maximum atomic E-state index is 13.0. The number of nitrogen functional groups attached to an aromatic ring is 2. The zero-order valence-corrected chi connectivity index (χ0v) is 33.9. The van der Waals surface area contributed by atoms with Crippen LogP contribution in [0.2, 0.25) is 0 Å². The molecule has 59 heavy (non-hydrogen) atoms. The Labute approximate surface area is 336 Å². The van der Waals surface area contributed by atoms with Crippen LogP contribution in [0.3, 0.4) is 0 Å². The van der Waals surface area contributed by atoms with Crippen molar-refractivity contribution in [2.45, 2.75) is 21.6 Å². The molecule has 0 aliphatic carbocycles. The number of azo groups is 3. The molecule has 0 radical (unpaired) electrons. The molecule has 0 atom stereocenters. The lowest BCUT2D eigenvalue weighted by atomic mass is 10.1. The van der Waals surface area contributed by atoms with Gasteiger partial charge in [0, 0.05) is 22.9 Å². The average Bonchev–Trinajstić information content (AvgIpc) is 3.15. The number of hydrogen-bond donors (Lipinski definition) is 5. The molecule has 312 valence electrons. The zero-order chi connectivity index (χ0) is 43.5. The van der Waals surface area contributed by atoms with Crippen LogP contribution >= 0.6 is 0 Å². The van der Waals surface area contributed by atoms with E-state index in [0.29, 0.717) is 5.69 Å². The summed E-state index contributed by atoms with van der Waals surface area (Å²) in [6, 6.07) is 15.9. The van der Waals surface area contributed by atoms with E-state index in [0.717, 1.165) is 43.0 Å². The third kappa shape index (κ3) is 10.6. The Kier molecular flexibility index (Phi) is 12.8. The molecule has 26 heteroatoms. The molecule has 0 saturated heterocycles. The maximum absolute atomic E-state index is 13.0. The Morgan fingerprint density at radius 1 is 0.576 bits per heavy atom. The fourth-order valence-corrected chi connectivity index (χ4v) is 7.97. The van der Waals surface area contributed by atoms with Crippen LogP contribution in [-0.2, 0) is 44.7 Å². The molecule has 0 fully saturated rings. The first-order valence-electron chi connectivity index (χ1n) is 16.2. The summed E-state index contributed by atoms with van der Waals surface area (Å²) >= 11 is 0. The van der Waals surface area contributed by atoms with Crippen molar-refractivity contribution in [2.24, 2.45) is 30.7 Å². The number of sulfone groups is 1. The SMILES string of the molecule is COc1cc(S(=O)(=O)CCOS(=O)(=O)O)c(OC)cc1N=Nc1ccc(N=Nc2cc(S(=O)(=O)O)c(N)c(N=Nc3ccc(C)cc3)c2N)c2cc(S(=O)(=O)O)ccc12. The number of methoxy groups -OCH3 is 2. The fraction of sp³-hybridized carbons (Fsp3) is 0.152. The van der Waals surface area contributed by atoms with Crippen LogP contribution in [0, 0.1) is 6.92 Å². The number of nitrogens with zero attached hydrogens (tertiary/aromatic N) is 6. The van der Waals surface area contributed by atoms with Crippen LogP contribution in [0.15, 0.2) is 118 Å². The fourth-order valence-electron chi connectivity index (χ4n) is 5.17. The van der Waals surface area contributed by atoms with Gasteiger partial charge in [0.25, 0.3) is 20.2 Å². The van der Waals surface area contributed by atoms with Gasteiger partial charge in [0.2, 0.25) is 0 Å². The minimum atomic E-state index is -4.97. The lowest BCUT2D eigenvalue weighted by molar-refractivity contribution is 0.283. The molecule has 0 unspecified atom stereocenters. The standard InChI is InChI=1S/C33H32N8O14S4/c1-18-4-6-19(7-5-18)36-41-33-31(34)26(16-30(32(33)35)58(47,48)49)40-38-24-11-10-23(21-9-8-20(14-22(21)24)57(44,45)46)37-39-25-15-28(54-3)29(17-27(25)53-2)56(42,43)13-12-55-59(50,51)52/h4-11,14-17H,12-13,34-35H2,1-3H3,(H,44,45,46)(H,47,48,49)(H,50,51,52). The molecule has 0 aliphatic heterocycles. The molecule has 0 aliphatic rings. The van der Waals surface area contributed by atoms with Crippen molar-refractivity contribution in [3.8, 4) is 11.5 Å². The van der Waals surface area contributed by atoms with Crippen LogP contribution in [0.1, 0.15) is 5.56 Å². The Morgan fingerprint density at radius 3 is 1.75 bits per heavy atom. The van der Waals surface area contributed by atoms with Crippen LogP contribution < -0.4 is 20.9 Å². The summed E-state index contributed by atoms with van der Waals surface area (Å²) in [6.45, 7) is 0.945. The molecule has 22 nitrogen and oxygen atoms in total. The molecule has 0 amide bonds. The molecule has 0 saturated carbocycles. The predicted molar refractivity (Wildman–Crippen MR) is 212 cm³/mol. The summed E-state index contributed by atoms with van der Waals surface area (Å²) in [5, 5.41) is 24.8. The third-order valence-electron chi connectivity index (χ3n) is 8.05. The van der Waals surface area contributed by atoms with Crippen molar-refractivity contribution in [2.75, 3.05) is 38.0 Å². The van der Waals surface area contributed by atoms with E-state index in [2.05, 4.69) is 34.9 Å². The highest BCUT2D eigenvalue weighted by atomic mass is 32.3. The van der Waals surface area contributed by atoms with E-state index in [1.165, 1.54) is 25.3 Å². The number of fused-ring (bicyclic) bond motifs is 1. The first kappa shape index (κ1) is 44.1. The van der Waals surface area contributed by atoms with Gasteiger partial charge in [-0.15, -0.1) is 25.6 Å². The third-order valence-corrected chi connectivity index (χ3v) is 12.0. The summed E-state index contributed by atoms with van der Waals surface area (Å²) in [7, 11) is -16.6. The van der Waals surface area contributed by atoms with Gasteiger partial charge in [-0.1, -0.05) is 23.8 Å². The van der Waals surface area contributed by atoms with Gasteiger partial charge in [0.05, 0.1) is 59.9 Å². The quantitative estimate of drug-likeness (QED) is 0.0416.